The Morgan fingerprint density at radius 2 is 1.76 bits per heavy atom. The van der Waals surface area contributed by atoms with Crippen molar-refractivity contribution >= 4 is 45.6 Å². The van der Waals surface area contributed by atoms with Gasteiger partial charge in [0.2, 0.25) is 5.24 Å². The Morgan fingerprint density at radius 3 is 2.20 bits per heavy atom. The molecular weight excluding hydrogens is 381 g/mol. The summed E-state index contributed by atoms with van der Waals surface area (Å²) in [6.07, 6.45) is 0. The Morgan fingerprint density at radius 1 is 1.20 bits per heavy atom. The highest BCUT2D eigenvalue weighted by molar-refractivity contribution is 7.12. The minimum absolute atomic E-state index is 0.292. The highest BCUT2D eigenvalue weighted by atomic mass is 35.5. The van der Waals surface area contributed by atoms with Crippen molar-refractivity contribution in [1.82, 2.24) is 4.98 Å². The molecule has 0 fully saturated rings. The third-order valence-electron chi connectivity index (χ3n) is 4.33. The van der Waals surface area contributed by atoms with Crippen LogP contribution in [0.25, 0.3) is 0 Å². The first-order valence-corrected chi connectivity index (χ1v) is 9.19. The highest BCUT2D eigenvalue weighted by Crippen LogP contribution is 2.46. The van der Waals surface area contributed by atoms with Gasteiger partial charge in [-0.1, -0.05) is 44.2 Å². The van der Waals surface area contributed by atoms with Gasteiger partial charge < -0.3 is 5.11 Å². The molecule has 0 radical (unpaired) electrons. The molecule has 2 aromatic rings. The van der Waals surface area contributed by atoms with Crippen molar-refractivity contribution in [3.05, 3.63) is 51.5 Å². The molecule has 2 atom stereocenters. The van der Waals surface area contributed by atoms with Crippen LogP contribution in [0.15, 0.2) is 30.3 Å². The molecule has 0 aliphatic heterocycles. The predicted octanol–water partition coefficient (Wildman–Crippen LogP) is 3.81. The molecule has 0 aliphatic rings. The summed E-state index contributed by atoms with van der Waals surface area (Å²) in [5.74, 6) is -1.82. The standard InChI is InChI=1S/C18H18Cl2NO3S/c1-10-11(2)25-15(21-10)13(14(22)12-8-6-5-7-9-12)18(20,24)17(3,4)16(19)23/h5-9,13H,1-4H3/q-1. The van der Waals surface area contributed by atoms with Gasteiger partial charge in [-0.25, -0.2) is 4.98 Å². The van der Waals surface area contributed by atoms with E-state index in [0.29, 0.717) is 16.3 Å². The van der Waals surface area contributed by atoms with Gasteiger partial charge in [-0.3, -0.25) is 9.59 Å². The lowest BCUT2D eigenvalue weighted by Gasteiger charge is -2.49. The van der Waals surface area contributed by atoms with Gasteiger partial charge in [0.05, 0.1) is 11.6 Å². The van der Waals surface area contributed by atoms with E-state index in [1.807, 2.05) is 6.92 Å². The average molecular weight is 399 g/mol. The zero-order chi connectivity index (χ0) is 19.0. The molecule has 2 unspecified atom stereocenters. The molecule has 7 heteroatoms. The second-order valence-electron chi connectivity index (χ2n) is 6.40. The van der Waals surface area contributed by atoms with Gasteiger partial charge in [0, 0.05) is 15.9 Å². The summed E-state index contributed by atoms with van der Waals surface area (Å²) < 4.78 is 0. The number of hydrogen-bond donors (Lipinski definition) is 0. The topological polar surface area (TPSA) is 70.1 Å². The first kappa shape index (κ1) is 20.0. The lowest BCUT2D eigenvalue weighted by atomic mass is 9.77. The third-order valence-corrected chi connectivity index (χ3v) is 6.63. The Labute approximate surface area is 160 Å². The number of benzene rings is 1. The molecule has 1 heterocycles. The van der Waals surface area contributed by atoms with E-state index in [-0.39, 0.29) is 0 Å². The number of carbonyl (C=O) groups is 2. The Hall–Kier alpha value is -1.27. The maximum absolute atomic E-state index is 13.4. The summed E-state index contributed by atoms with van der Waals surface area (Å²) in [5.41, 5.74) is -0.636. The van der Waals surface area contributed by atoms with E-state index < -0.39 is 27.4 Å². The van der Waals surface area contributed by atoms with Crippen LogP contribution in [-0.4, -0.2) is 21.1 Å². The van der Waals surface area contributed by atoms with Crippen molar-refractivity contribution in [3.8, 4) is 0 Å². The van der Waals surface area contributed by atoms with Crippen molar-refractivity contribution in [1.29, 1.82) is 0 Å². The van der Waals surface area contributed by atoms with E-state index in [0.717, 1.165) is 4.88 Å². The molecule has 4 nitrogen and oxygen atoms in total. The summed E-state index contributed by atoms with van der Waals surface area (Å²) in [7, 11) is 0. The molecule has 2 rings (SSSR count). The van der Waals surface area contributed by atoms with Crippen LogP contribution in [0.4, 0.5) is 0 Å². The number of alkyl halides is 1. The van der Waals surface area contributed by atoms with Crippen LogP contribution in [0.5, 0.6) is 0 Å². The van der Waals surface area contributed by atoms with Crippen LogP contribution in [0.3, 0.4) is 0 Å². The van der Waals surface area contributed by atoms with Crippen molar-refractivity contribution in [2.24, 2.45) is 5.41 Å². The monoisotopic (exact) mass is 398 g/mol. The van der Waals surface area contributed by atoms with Gasteiger partial charge in [0.1, 0.15) is 5.01 Å². The molecule has 25 heavy (non-hydrogen) atoms. The number of thiazole rings is 1. The van der Waals surface area contributed by atoms with E-state index in [2.05, 4.69) is 4.98 Å². The van der Waals surface area contributed by atoms with Gasteiger partial charge in [0.15, 0.2) is 5.78 Å². The van der Waals surface area contributed by atoms with E-state index in [4.69, 9.17) is 23.2 Å². The molecule has 0 bridgehead atoms. The minimum Gasteiger partial charge on any atom is -0.836 e. The van der Waals surface area contributed by atoms with Gasteiger partial charge in [-0.05, 0) is 30.5 Å². The lowest BCUT2D eigenvalue weighted by molar-refractivity contribution is -0.466. The van der Waals surface area contributed by atoms with E-state index >= 15 is 0 Å². The Bertz CT molecular complexity index is 780. The predicted molar refractivity (Wildman–Crippen MR) is 98.3 cm³/mol. The number of halogens is 2. The van der Waals surface area contributed by atoms with Crippen molar-refractivity contribution in [3.63, 3.8) is 0 Å². The number of ketones is 1. The first-order chi connectivity index (χ1) is 11.5. The number of aromatic nitrogens is 1. The second kappa shape index (κ2) is 7.16. The summed E-state index contributed by atoms with van der Waals surface area (Å²) in [6.45, 7) is 6.33. The van der Waals surface area contributed by atoms with Gasteiger partial charge in [0.25, 0.3) is 0 Å². The smallest absolute Gasteiger partial charge is 0.227 e. The van der Waals surface area contributed by atoms with Crippen LogP contribution >= 0.6 is 34.5 Å². The Balaban J connectivity index is 2.64. The second-order valence-corrected chi connectivity index (χ2v) is 8.54. The van der Waals surface area contributed by atoms with Crippen LogP contribution in [0.1, 0.15) is 45.7 Å². The van der Waals surface area contributed by atoms with E-state index in [1.54, 1.807) is 37.3 Å². The first-order valence-electron chi connectivity index (χ1n) is 7.62. The lowest BCUT2D eigenvalue weighted by Crippen LogP contribution is -2.59. The molecule has 0 saturated heterocycles. The molecule has 1 aromatic carbocycles. The number of hydrogen-bond acceptors (Lipinski definition) is 5. The molecule has 0 saturated carbocycles. The normalized spacial score (nSPS) is 15.5. The van der Waals surface area contributed by atoms with E-state index in [9.17, 15) is 14.7 Å². The zero-order valence-corrected chi connectivity index (χ0v) is 16.6. The highest BCUT2D eigenvalue weighted by Gasteiger charge is 2.49. The Kier molecular flexibility index (Phi) is 5.74. The fourth-order valence-corrected chi connectivity index (χ4v) is 3.95. The summed E-state index contributed by atoms with van der Waals surface area (Å²) >= 11 is 13.2. The van der Waals surface area contributed by atoms with Crippen LogP contribution in [0.2, 0.25) is 0 Å². The molecular formula is C18H18Cl2NO3S-. The van der Waals surface area contributed by atoms with Gasteiger partial charge in [-0.2, -0.15) is 0 Å². The maximum atomic E-state index is 13.4. The van der Waals surface area contributed by atoms with Gasteiger partial charge >= 0.3 is 0 Å². The molecule has 0 N–H and O–H groups in total. The number of nitrogens with zero attached hydrogens (tertiary/aromatic N) is 1. The SMILES string of the molecule is Cc1nc(C(C(=O)c2ccccc2)C([O-])(Cl)C(C)(C)C(=O)Cl)sc1C. The van der Waals surface area contributed by atoms with Crippen LogP contribution in [-0.2, 0) is 4.79 Å². The van der Waals surface area contributed by atoms with E-state index in [1.165, 1.54) is 25.2 Å². The fourth-order valence-electron chi connectivity index (χ4n) is 2.32. The molecule has 0 spiro atoms. The number of aryl methyl sites for hydroxylation is 2. The molecule has 134 valence electrons. The maximum Gasteiger partial charge on any atom is 0.227 e. The fraction of sp³-hybridized carbons (Fsp3) is 0.389. The van der Waals surface area contributed by atoms with Gasteiger partial charge in [-0.15, -0.1) is 22.9 Å². The zero-order valence-electron chi connectivity index (χ0n) is 14.3. The number of rotatable bonds is 6. The van der Waals surface area contributed by atoms with Crippen molar-refractivity contribution in [2.45, 2.75) is 38.7 Å². The average Bonchev–Trinajstić information content (AvgIpc) is 2.86. The number of carbonyl (C=O) groups excluding carboxylic acids is 2. The van der Waals surface area contributed by atoms with Crippen molar-refractivity contribution < 1.29 is 14.7 Å². The molecule has 1 aromatic heterocycles. The summed E-state index contributed by atoms with van der Waals surface area (Å²) in [6, 6.07) is 8.36. The summed E-state index contributed by atoms with van der Waals surface area (Å²) in [5, 5.41) is 10.3. The largest absolute Gasteiger partial charge is 0.836 e. The molecule has 0 amide bonds. The molecule has 0 aliphatic carbocycles. The van der Waals surface area contributed by atoms with Crippen molar-refractivity contribution in [2.75, 3.05) is 0 Å². The summed E-state index contributed by atoms with van der Waals surface area (Å²) in [4.78, 5) is 30.2. The third kappa shape index (κ3) is 3.65. The van der Waals surface area contributed by atoms with Crippen LogP contribution < -0.4 is 5.11 Å². The quantitative estimate of drug-likeness (QED) is 0.421. The minimum atomic E-state index is -2.49. The van der Waals surface area contributed by atoms with Crippen LogP contribution in [0, 0.1) is 19.3 Å². The number of Topliss-reactive ketones (excluding diaryl/α,β-unsaturated/α-hetero) is 1.